The average Bonchev–Trinajstić information content (AvgIpc) is 2.71. The summed E-state index contributed by atoms with van der Waals surface area (Å²) in [5.41, 5.74) is 0.415. The minimum atomic E-state index is -0.581. The number of likely N-dealkylation sites (tertiary alicyclic amines) is 1. The monoisotopic (exact) mass is 417 g/mol. The maximum absolute atomic E-state index is 13.0. The van der Waals surface area contributed by atoms with Crippen LogP contribution in [0.1, 0.15) is 45.6 Å². The number of nitrogens with one attached hydrogen (secondary N) is 1. The summed E-state index contributed by atoms with van der Waals surface area (Å²) < 4.78 is 5.51. The average molecular weight is 418 g/mol. The van der Waals surface area contributed by atoms with E-state index in [1.54, 1.807) is 11.1 Å². The van der Waals surface area contributed by atoms with Gasteiger partial charge in [0.15, 0.2) is 0 Å². The topological polar surface area (TPSA) is 78.0 Å². The van der Waals surface area contributed by atoms with Crippen LogP contribution in [-0.4, -0.2) is 78.2 Å². The zero-order valence-electron chi connectivity index (χ0n) is 18.7. The number of ether oxygens (including phenoxy) is 1. The Bertz CT molecular complexity index is 741. The predicted molar refractivity (Wildman–Crippen MR) is 116 cm³/mol. The number of nitrogens with zero attached hydrogens (tertiary/aromatic N) is 4. The molecule has 0 bridgehead atoms. The fourth-order valence-electron chi connectivity index (χ4n) is 3.91. The summed E-state index contributed by atoms with van der Waals surface area (Å²) in [6.07, 6.45) is 3.85. The number of hydrogen-bond donors (Lipinski definition) is 1. The van der Waals surface area contributed by atoms with Crippen molar-refractivity contribution in [3.63, 3.8) is 0 Å². The first-order valence-corrected chi connectivity index (χ1v) is 10.9. The number of pyridine rings is 1. The highest BCUT2D eigenvalue weighted by atomic mass is 16.6. The Kier molecular flexibility index (Phi) is 7.18. The number of hydrogen-bond acceptors (Lipinski definition) is 6. The maximum atomic E-state index is 13.0. The molecule has 1 N–H and O–H groups in total. The molecule has 1 aromatic heterocycles. The highest BCUT2D eigenvalue weighted by Crippen LogP contribution is 2.22. The molecule has 0 saturated carbocycles. The van der Waals surface area contributed by atoms with Crippen molar-refractivity contribution in [2.24, 2.45) is 0 Å². The fraction of sp³-hybridized carbons (Fsp3) is 0.682. The Morgan fingerprint density at radius 2 is 1.90 bits per heavy atom. The Balaban J connectivity index is 1.64. The first-order chi connectivity index (χ1) is 14.2. The number of piperidine rings is 1. The molecule has 166 valence electrons. The van der Waals surface area contributed by atoms with Gasteiger partial charge in [0.25, 0.3) is 0 Å². The van der Waals surface area contributed by atoms with Crippen LogP contribution in [0, 0.1) is 0 Å². The fourth-order valence-corrected chi connectivity index (χ4v) is 3.91. The van der Waals surface area contributed by atoms with Gasteiger partial charge in [0.1, 0.15) is 17.5 Å². The summed E-state index contributed by atoms with van der Waals surface area (Å²) in [5.74, 6) is 0.798. The minimum Gasteiger partial charge on any atom is -0.444 e. The van der Waals surface area contributed by atoms with Crippen molar-refractivity contribution in [1.29, 1.82) is 0 Å². The second-order valence-electron chi connectivity index (χ2n) is 9.18. The van der Waals surface area contributed by atoms with Crippen molar-refractivity contribution in [1.82, 2.24) is 20.1 Å². The van der Waals surface area contributed by atoms with E-state index in [2.05, 4.69) is 27.1 Å². The number of likely N-dealkylation sites (N-methyl/N-ethyl adjacent to an activating group) is 1. The van der Waals surface area contributed by atoms with Gasteiger partial charge in [-0.15, -0.1) is 0 Å². The van der Waals surface area contributed by atoms with Crippen LogP contribution in [0.5, 0.6) is 0 Å². The summed E-state index contributed by atoms with van der Waals surface area (Å²) in [5, 5.41) is 3.04. The molecule has 2 fully saturated rings. The second kappa shape index (κ2) is 9.64. The number of carbonyl (C=O) groups is 2. The molecule has 2 aliphatic rings. The van der Waals surface area contributed by atoms with Crippen molar-refractivity contribution in [3.05, 3.63) is 23.9 Å². The van der Waals surface area contributed by atoms with E-state index in [0.29, 0.717) is 19.5 Å². The lowest BCUT2D eigenvalue weighted by atomic mass is 10.0. The van der Waals surface area contributed by atoms with Crippen LogP contribution in [0.15, 0.2) is 18.3 Å². The van der Waals surface area contributed by atoms with Gasteiger partial charge in [0.2, 0.25) is 5.91 Å². The zero-order valence-corrected chi connectivity index (χ0v) is 18.7. The van der Waals surface area contributed by atoms with E-state index in [4.69, 9.17) is 4.74 Å². The molecule has 0 aliphatic carbocycles. The lowest BCUT2D eigenvalue weighted by Gasteiger charge is -2.36. The molecule has 0 spiro atoms. The van der Waals surface area contributed by atoms with Crippen LogP contribution in [0.4, 0.5) is 10.6 Å². The molecule has 8 heteroatoms. The van der Waals surface area contributed by atoms with Gasteiger partial charge in [0.05, 0.1) is 0 Å². The van der Waals surface area contributed by atoms with Crippen molar-refractivity contribution < 1.29 is 14.3 Å². The largest absolute Gasteiger partial charge is 0.444 e. The normalized spacial score (nSPS) is 20.7. The number of piperazine rings is 1. The molecule has 1 atom stereocenters. The van der Waals surface area contributed by atoms with Crippen LogP contribution < -0.4 is 10.2 Å². The maximum Gasteiger partial charge on any atom is 0.410 e. The number of anilines is 1. The number of aromatic nitrogens is 1. The summed E-state index contributed by atoms with van der Waals surface area (Å²) in [4.78, 5) is 36.3. The van der Waals surface area contributed by atoms with E-state index in [1.165, 1.54) is 0 Å². The van der Waals surface area contributed by atoms with Crippen molar-refractivity contribution >= 4 is 17.8 Å². The molecule has 1 unspecified atom stereocenters. The smallest absolute Gasteiger partial charge is 0.410 e. The predicted octanol–water partition coefficient (Wildman–Crippen LogP) is 2.24. The minimum absolute atomic E-state index is 0.131. The molecule has 3 heterocycles. The Morgan fingerprint density at radius 3 is 2.60 bits per heavy atom. The Labute approximate surface area is 179 Å². The van der Waals surface area contributed by atoms with Gasteiger partial charge in [-0.2, -0.15) is 0 Å². The third-order valence-corrected chi connectivity index (χ3v) is 5.56. The first-order valence-electron chi connectivity index (χ1n) is 10.9. The van der Waals surface area contributed by atoms with Crippen molar-refractivity contribution in [2.45, 2.75) is 58.2 Å². The van der Waals surface area contributed by atoms with E-state index in [0.717, 1.165) is 50.4 Å². The van der Waals surface area contributed by atoms with Gasteiger partial charge >= 0.3 is 6.09 Å². The molecule has 0 radical (unpaired) electrons. The van der Waals surface area contributed by atoms with E-state index in [9.17, 15) is 9.59 Å². The molecule has 1 aromatic rings. The van der Waals surface area contributed by atoms with E-state index in [-0.39, 0.29) is 5.91 Å². The Morgan fingerprint density at radius 1 is 1.17 bits per heavy atom. The van der Waals surface area contributed by atoms with E-state index >= 15 is 0 Å². The quantitative estimate of drug-likeness (QED) is 0.810. The summed E-state index contributed by atoms with van der Waals surface area (Å²) >= 11 is 0. The SMILES string of the molecule is CN1CCN(c2ncccc2CNC(=O)C2CCCCN2C(=O)OC(C)(C)C)CC1. The highest BCUT2D eigenvalue weighted by Gasteiger charge is 2.34. The van der Waals surface area contributed by atoms with Crippen molar-refractivity contribution in [3.8, 4) is 0 Å². The van der Waals surface area contributed by atoms with Gasteiger partial charge in [-0.3, -0.25) is 9.69 Å². The molecule has 30 heavy (non-hydrogen) atoms. The van der Waals surface area contributed by atoms with Gasteiger partial charge < -0.3 is 19.9 Å². The summed E-state index contributed by atoms with van der Waals surface area (Å²) in [7, 11) is 2.12. The second-order valence-corrected chi connectivity index (χ2v) is 9.18. The number of amides is 2. The molecule has 2 saturated heterocycles. The van der Waals surface area contributed by atoms with Gasteiger partial charge in [-0.1, -0.05) is 6.07 Å². The zero-order chi connectivity index (χ0) is 21.7. The summed E-state index contributed by atoms with van der Waals surface area (Å²) in [6, 6.07) is 3.42. The highest BCUT2D eigenvalue weighted by molar-refractivity contribution is 5.86. The van der Waals surface area contributed by atoms with Crippen molar-refractivity contribution in [2.75, 3.05) is 44.7 Å². The van der Waals surface area contributed by atoms with Gasteiger partial charge in [-0.25, -0.2) is 9.78 Å². The van der Waals surface area contributed by atoms with Crippen LogP contribution in [0.3, 0.4) is 0 Å². The number of rotatable bonds is 4. The van der Waals surface area contributed by atoms with Crippen LogP contribution in [-0.2, 0) is 16.1 Å². The van der Waals surface area contributed by atoms with E-state index in [1.807, 2.05) is 32.9 Å². The standard InChI is InChI=1S/C22H35N5O3/c1-22(2,3)30-21(29)27-11-6-5-9-18(27)20(28)24-16-17-8-7-10-23-19(17)26-14-12-25(4)13-15-26/h7-8,10,18H,5-6,9,11-16H2,1-4H3,(H,24,28). The third-order valence-electron chi connectivity index (χ3n) is 5.56. The molecule has 3 rings (SSSR count). The Hall–Kier alpha value is -2.35. The lowest BCUT2D eigenvalue weighted by Crippen LogP contribution is -2.53. The first kappa shape index (κ1) is 22.3. The van der Waals surface area contributed by atoms with Gasteiger partial charge in [-0.05, 0) is 53.1 Å². The molecule has 0 aromatic carbocycles. The molecule has 2 amide bonds. The molecular formula is C22H35N5O3. The molecule has 2 aliphatic heterocycles. The van der Waals surface area contributed by atoms with Crippen LogP contribution in [0.25, 0.3) is 0 Å². The van der Waals surface area contributed by atoms with Gasteiger partial charge in [0, 0.05) is 51.0 Å². The van der Waals surface area contributed by atoms with Crippen LogP contribution >= 0.6 is 0 Å². The molecular weight excluding hydrogens is 382 g/mol. The third kappa shape index (κ3) is 5.84. The molecule has 8 nitrogen and oxygen atoms in total. The summed E-state index contributed by atoms with van der Waals surface area (Å²) in [6.45, 7) is 10.3. The van der Waals surface area contributed by atoms with E-state index < -0.39 is 17.7 Å². The lowest BCUT2D eigenvalue weighted by molar-refractivity contribution is -0.127. The van der Waals surface area contributed by atoms with Crippen LogP contribution in [0.2, 0.25) is 0 Å². The number of carbonyl (C=O) groups excluding carboxylic acids is 2.